The molecule has 0 bridgehead atoms. The summed E-state index contributed by atoms with van der Waals surface area (Å²) in [6.45, 7) is 3.58. The molecule has 2 aromatic rings. The molecule has 0 unspecified atom stereocenters. The first-order valence-electron chi connectivity index (χ1n) is 6.43. The van der Waals surface area contributed by atoms with E-state index in [1.807, 2.05) is 0 Å². The summed E-state index contributed by atoms with van der Waals surface area (Å²) in [5.41, 5.74) is 0.504. The van der Waals surface area contributed by atoms with Crippen molar-refractivity contribution in [3.8, 4) is 0 Å². The van der Waals surface area contributed by atoms with Crippen LogP contribution in [-0.2, 0) is 10.0 Å². The van der Waals surface area contributed by atoms with Crippen LogP contribution in [0.25, 0.3) is 0 Å². The van der Waals surface area contributed by atoms with E-state index in [2.05, 4.69) is 10.2 Å². The Bertz CT molecular complexity index is 773. The molecule has 0 spiro atoms. The van der Waals surface area contributed by atoms with Crippen LogP contribution in [0.15, 0.2) is 41.3 Å². The van der Waals surface area contributed by atoms with E-state index < -0.39 is 14.9 Å². The van der Waals surface area contributed by atoms with Gasteiger partial charge in [-0.15, -0.1) is 5.10 Å². The Morgan fingerprint density at radius 2 is 1.77 bits per heavy atom. The summed E-state index contributed by atoms with van der Waals surface area (Å²) in [5, 5.41) is 18.4. The third kappa shape index (κ3) is 3.03. The van der Waals surface area contributed by atoms with Gasteiger partial charge in [0.25, 0.3) is 15.7 Å². The smallest absolute Gasteiger partial charge is 0.258 e. The van der Waals surface area contributed by atoms with Crippen LogP contribution in [-0.4, -0.2) is 30.1 Å². The van der Waals surface area contributed by atoms with Crippen LogP contribution in [0.2, 0.25) is 0 Å². The number of hydrogen-bond donors (Lipinski definition) is 0. The van der Waals surface area contributed by atoms with Crippen LogP contribution in [0.3, 0.4) is 0 Å². The Balaban J connectivity index is 2.42. The fraction of sp³-hybridized carbons (Fsp3) is 0.231. The van der Waals surface area contributed by atoms with Gasteiger partial charge in [0, 0.05) is 18.7 Å². The topological polar surface area (TPSA) is 106 Å². The molecule has 0 aliphatic rings. The quantitative estimate of drug-likeness (QED) is 0.615. The van der Waals surface area contributed by atoms with E-state index in [1.165, 1.54) is 12.1 Å². The minimum absolute atomic E-state index is 0.0395. The summed E-state index contributed by atoms with van der Waals surface area (Å²) < 4.78 is 26.3. The highest BCUT2D eigenvalue weighted by atomic mass is 32.2. The predicted molar refractivity (Wildman–Crippen MR) is 80.1 cm³/mol. The Morgan fingerprint density at radius 3 is 2.23 bits per heavy atom. The van der Waals surface area contributed by atoms with E-state index in [1.54, 1.807) is 26.0 Å². The molecule has 0 radical (unpaired) electrons. The number of benzene rings is 1. The Hall–Kier alpha value is -2.55. The Labute approximate surface area is 127 Å². The first-order valence-corrected chi connectivity index (χ1v) is 7.88. The number of rotatable bonds is 5. The van der Waals surface area contributed by atoms with Gasteiger partial charge in [-0.05, 0) is 38.1 Å². The molecule has 0 atom stereocenters. The van der Waals surface area contributed by atoms with Crippen LogP contribution >= 0.6 is 0 Å². The first kappa shape index (κ1) is 15.8. The van der Waals surface area contributed by atoms with Crippen LogP contribution in [0.5, 0.6) is 0 Å². The van der Waals surface area contributed by atoms with Crippen molar-refractivity contribution in [3.05, 3.63) is 52.2 Å². The second-order valence-corrected chi connectivity index (χ2v) is 6.32. The molecule has 0 aliphatic heterocycles. The van der Waals surface area contributed by atoms with Gasteiger partial charge in [0.2, 0.25) is 0 Å². The average molecular weight is 322 g/mol. The minimum atomic E-state index is -3.85. The molecular weight excluding hydrogens is 308 g/mol. The van der Waals surface area contributed by atoms with Gasteiger partial charge in [0.05, 0.1) is 15.5 Å². The number of aryl methyl sites for hydroxylation is 1. The van der Waals surface area contributed by atoms with Crippen molar-refractivity contribution in [1.29, 1.82) is 0 Å². The SMILES string of the molecule is CCN(c1ccc(C)nn1)S(=O)(=O)c1ccc([N+](=O)[O-])cc1. The monoisotopic (exact) mass is 322 g/mol. The summed E-state index contributed by atoms with van der Waals surface area (Å²) in [6, 6.07) is 7.95. The number of sulfonamides is 1. The van der Waals surface area contributed by atoms with Crippen molar-refractivity contribution >= 4 is 21.5 Å². The third-order valence-electron chi connectivity index (χ3n) is 2.96. The van der Waals surface area contributed by atoms with Crippen LogP contribution in [0, 0.1) is 17.0 Å². The number of anilines is 1. The summed E-state index contributed by atoms with van der Waals surface area (Å²) in [4.78, 5) is 10.0. The maximum atomic E-state index is 12.6. The minimum Gasteiger partial charge on any atom is -0.258 e. The highest BCUT2D eigenvalue weighted by molar-refractivity contribution is 7.92. The summed E-state index contributed by atoms with van der Waals surface area (Å²) in [7, 11) is -3.85. The van der Waals surface area contributed by atoms with E-state index in [-0.39, 0.29) is 22.9 Å². The van der Waals surface area contributed by atoms with Crippen molar-refractivity contribution in [2.75, 3.05) is 10.8 Å². The van der Waals surface area contributed by atoms with Crippen molar-refractivity contribution in [1.82, 2.24) is 10.2 Å². The second-order valence-electron chi connectivity index (χ2n) is 4.45. The lowest BCUT2D eigenvalue weighted by Gasteiger charge is -2.21. The van der Waals surface area contributed by atoms with Crippen molar-refractivity contribution in [3.63, 3.8) is 0 Å². The largest absolute Gasteiger partial charge is 0.269 e. The van der Waals surface area contributed by atoms with Gasteiger partial charge in [-0.3, -0.25) is 10.1 Å². The molecule has 8 nitrogen and oxygen atoms in total. The zero-order valence-electron chi connectivity index (χ0n) is 12.0. The maximum absolute atomic E-state index is 12.6. The molecule has 22 heavy (non-hydrogen) atoms. The summed E-state index contributed by atoms with van der Waals surface area (Å²) in [6.07, 6.45) is 0. The van der Waals surface area contributed by atoms with E-state index in [4.69, 9.17) is 0 Å². The second kappa shape index (κ2) is 6.06. The standard InChI is InChI=1S/C13H14N4O4S/c1-3-16(13-9-4-10(2)14-15-13)22(20,21)12-7-5-11(6-8-12)17(18)19/h4-9H,3H2,1-2H3. The van der Waals surface area contributed by atoms with Crippen LogP contribution < -0.4 is 4.31 Å². The lowest BCUT2D eigenvalue weighted by Crippen LogP contribution is -2.31. The van der Waals surface area contributed by atoms with E-state index in [9.17, 15) is 18.5 Å². The van der Waals surface area contributed by atoms with Gasteiger partial charge in [-0.1, -0.05) is 0 Å². The molecule has 0 N–H and O–H groups in total. The number of aromatic nitrogens is 2. The molecule has 9 heteroatoms. The average Bonchev–Trinajstić information content (AvgIpc) is 2.50. The molecule has 0 fully saturated rings. The summed E-state index contributed by atoms with van der Waals surface area (Å²) in [5.74, 6) is 0.200. The molecule has 0 aliphatic carbocycles. The molecule has 0 amide bonds. The Morgan fingerprint density at radius 1 is 1.14 bits per heavy atom. The number of nitrogens with zero attached hydrogens (tertiary/aromatic N) is 4. The molecule has 0 saturated carbocycles. The van der Waals surface area contributed by atoms with E-state index in [0.717, 1.165) is 16.4 Å². The highest BCUT2D eigenvalue weighted by Gasteiger charge is 2.25. The molecular formula is C13H14N4O4S. The molecule has 2 rings (SSSR count). The van der Waals surface area contributed by atoms with Gasteiger partial charge < -0.3 is 0 Å². The molecule has 116 valence electrons. The number of non-ortho nitro benzene ring substituents is 1. The number of nitro groups is 1. The normalized spacial score (nSPS) is 11.2. The fourth-order valence-electron chi connectivity index (χ4n) is 1.85. The molecule has 1 aromatic heterocycles. The maximum Gasteiger partial charge on any atom is 0.269 e. The van der Waals surface area contributed by atoms with Crippen LogP contribution in [0.4, 0.5) is 11.5 Å². The van der Waals surface area contributed by atoms with E-state index >= 15 is 0 Å². The summed E-state index contributed by atoms with van der Waals surface area (Å²) >= 11 is 0. The van der Waals surface area contributed by atoms with E-state index in [0.29, 0.717) is 5.69 Å². The Kier molecular flexibility index (Phi) is 4.36. The first-order chi connectivity index (χ1) is 10.4. The third-order valence-corrected chi connectivity index (χ3v) is 4.86. The van der Waals surface area contributed by atoms with Crippen molar-refractivity contribution in [2.45, 2.75) is 18.7 Å². The zero-order valence-corrected chi connectivity index (χ0v) is 12.8. The number of nitro benzene ring substituents is 1. The lowest BCUT2D eigenvalue weighted by molar-refractivity contribution is -0.384. The highest BCUT2D eigenvalue weighted by Crippen LogP contribution is 2.23. The molecule has 1 aromatic carbocycles. The predicted octanol–water partition coefficient (Wildman–Crippen LogP) is 1.91. The van der Waals surface area contributed by atoms with Gasteiger partial charge in [-0.2, -0.15) is 5.10 Å². The van der Waals surface area contributed by atoms with Gasteiger partial charge in [0.15, 0.2) is 5.82 Å². The van der Waals surface area contributed by atoms with Crippen molar-refractivity contribution in [2.24, 2.45) is 0 Å². The lowest BCUT2D eigenvalue weighted by atomic mass is 10.3. The number of hydrogen-bond acceptors (Lipinski definition) is 6. The van der Waals surface area contributed by atoms with Gasteiger partial charge in [0.1, 0.15) is 0 Å². The van der Waals surface area contributed by atoms with Gasteiger partial charge in [-0.25, -0.2) is 12.7 Å². The molecule has 1 heterocycles. The molecule has 0 saturated heterocycles. The van der Waals surface area contributed by atoms with Crippen molar-refractivity contribution < 1.29 is 13.3 Å². The van der Waals surface area contributed by atoms with Gasteiger partial charge >= 0.3 is 0 Å². The fourth-order valence-corrected chi connectivity index (χ4v) is 3.27. The van der Waals surface area contributed by atoms with Crippen LogP contribution in [0.1, 0.15) is 12.6 Å². The zero-order chi connectivity index (χ0) is 16.3.